The number of carbonyl (C=O) groups excluding carboxylic acids is 1. The lowest BCUT2D eigenvalue weighted by Crippen LogP contribution is -2.42. The molecule has 0 aliphatic carbocycles. The summed E-state index contributed by atoms with van der Waals surface area (Å²) in [6.07, 6.45) is 2.44. The quantitative estimate of drug-likeness (QED) is 0.516. The van der Waals surface area contributed by atoms with Crippen molar-refractivity contribution in [1.82, 2.24) is 4.98 Å². The minimum atomic E-state index is -3.67. The predicted molar refractivity (Wildman–Crippen MR) is 115 cm³/mol. The fraction of sp³-hybridized carbons (Fsp3) is 0.333. The lowest BCUT2D eigenvalue weighted by Gasteiger charge is -2.45. The van der Waals surface area contributed by atoms with Gasteiger partial charge < -0.3 is 5.32 Å². The van der Waals surface area contributed by atoms with Gasteiger partial charge in [-0.25, -0.2) is 13.8 Å². The molecular formula is C21H28F2N2O3S. The van der Waals surface area contributed by atoms with Crippen LogP contribution in [0.1, 0.15) is 45.2 Å². The highest BCUT2D eigenvalue weighted by Gasteiger charge is 2.43. The minimum Gasteiger partial charge on any atom is -0.309 e. The summed E-state index contributed by atoms with van der Waals surface area (Å²) in [5.74, 6) is -1.87. The van der Waals surface area contributed by atoms with Gasteiger partial charge >= 0.3 is 0 Å². The SMILES string of the molecule is C=C(F)c1ccc(NC(=O)C(C)(C)S(O)(O)c2ccc(C)c(F)c2)nc1.CCC. The number of aromatic nitrogens is 1. The number of carbonyl (C=O) groups is 1. The van der Waals surface area contributed by atoms with Crippen LogP contribution in [0, 0.1) is 12.7 Å². The van der Waals surface area contributed by atoms with Gasteiger partial charge in [0.15, 0.2) is 0 Å². The Bertz CT molecular complexity index is 869. The molecule has 0 atom stereocenters. The molecule has 0 bridgehead atoms. The molecule has 0 aliphatic rings. The highest BCUT2D eigenvalue weighted by Crippen LogP contribution is 2.59. The molecule has 1 amide bonds. The van der Waals surface area contributed by atoms with E-state index in [0.29, 0.717) is 5.56 Å². The maximum atomic E-state index is 13.8. The van der Waals surface area contributed by atoms with E-state index in [9.17, 15) is 22.7 Å². The van der Waals surface area contributed by atoms with Crippen LogP contribution in [0.2, 0.25) is 0 Å². The maximum absolute atomic E-state index is 13.8. The molecule has 0 fully saturated rings. The van der Waals surface area contributed by atoms with Gasteiger partial charge in [0.1, 0.15) is 22.2 Å². The highest BCUT2D eigenvalue weighted by atomic mass is 32.3. The Kier molecular flexibility index (Phi) is 8.50. The number of nitrogens with one attached hydrogen (secondary N) is 1. The van der Waals surface area contributed by atoms with E-state index in [1.807, 2.05) is 0 Å². The van der Waals surface area contributed by atoms with Gasteiger partial charge in [-0.3, -0.25) is 13.9 Å². The summed E-state index contributed by atoms with van der Waals surface area (Å²) in [7, 11) is -3.67. The van der Waals surface area contributed by atoms with Crippen molar-refractivity contribution in [2.45, 2.75) is 50.7 Å². The van der Waals surface area contributed by atoms with Gasteiger partial charge in [-0.15, -0.1) is 0 Å². The van der Waals surface area contributed by atoms with Crippen molar-refractivity contribution in [2.75, 3.05) is 5.32 Å². The Hall–Kier alpha value is -2.29. The standard InChI is InChI=1S/C18H20F2N2O3S.C3H8/c1-11-5-7-14(9-15(11)20)26(24,25)18(3,4)17(23)22-16-8-6-13(10-21-16)12(2)19;1-3-2/h5-10,24-25H,2H2,1,3-4H3,(H,21,22,23);3H2,1-2H3. The predicted octanol–water partition coefficient (Wildman–Crippen LogP) is 6.41. The third-order valence-corrected chi connectivity index (χ3v) is 6.57. The molecule has 2 rings (SSSR count). The molecule has 1 aromatic heterocycles. The van der Waals surface area contributed by atoms with Crippen LogP contribution >= 0.6 is 10.6 Å². The van der Waals surface area contributed by atoms with E-state index < -0.39 is 32.9 Å². The van der Waals surface area contributed by atoms with E-state index in [1.54, 1.807) is 6.92 Å². The van der Waals surface area contributed by atoms with Gasteiger partial charge in [0.25, 0.3) is 5.91 Å². The molecule has 2 aromatic rings. The molecule has 0 radical (unpaired) electrons. The van der Waals surface area contributed by atoms with Crippen molar-refractivity contribution in [3.8, 4) is 0 Å². The summed E-state index contributed by atoms with van der Waals surface area (Å²) in [4.78, 5) is 16.4. The van der Waals surface area contributed by atoms with E-state index in [4.69, 9.17) is 0 Å². The topological polar surface area (TPSA) is 82.5 Å². The summed E-state index contributed by atoms with van der Waals surface area (Å²) in [5, 5.41) is 2.46. The third-order valence-electron chi connectivity index (χ3n) is 4.05. The summed E-state index contributed by atoms with van der Waals surface area (Å²) < 4.78 is 46.4. The van der Waals surface area contributed by atoms with Gasteiger partial charge in [-0.05, 0) is 50.6 Å². The lowest BCUT2D eigenvalue weighted by molar-refractivity contribution is -0.118. The Balaban J connectivity index is 0.00000132. The zero-order valence-electron chi connectivity index (χ0n) is 17.3. The minimum absolute atomic E-state index is 0.0715. The number of nitrogens with zero attached hydrogens (tertiary/aromatic N) is 1. The van der Waals surface area contributed by atoms with Crippen LogP contribution in [0.25, 0.3) is 5.83 Å². The van der Waals surface area contributed by atoms with Crippen LogP contribution in [0.3, 0.4) is 0 Å². The van der Waals surface area contributed by atoms with E-state index in [0.717, 1.165) is 6.07 Å². The van der Waals surface area contributed by atoms with Crippen molar-refractivity contribution in [3.63, 3.8) is 0 Å². The van der Waals surface area contributed by atoms with Crippen molar-refractivity contribution in [1.29, 1.82) is 0 Å². The number of aryl methyl sites for hydroxylation is 1. The molecule has 0 saturated carbocycles. The molecule has 8 heteroatoms. The van der Waals surface area contributed by atoms with E-state index in [-0.39, 0.29) is 16.3 Å². The number of amides is 1. The number of rotatable bonds is 5. The first-order chi connectivity index (χ1) is 13.4. The van der Waals surface area contributed by atoms with Crippen molar-refractivity contribution in [3.05, 3.63) is 60.1 Å². The average molecular weight is 427 g/mol. The molecule has 0 saturated heterocycles. The normalized spacial score (nSPS) is 11.9. The molecule has 29 heavy (non-hydrogen) atoms. The van der Waals surface area contributed by atoms with Crippen LogP contribution in [0.5, 0.6) is 0 Å². The second kappa shape index (κ2) is 9.96. The summed E-state index contributed by atoms with van der Waals surface area (Å²) in [6, 6.07) is 6.55. The average Bonchev–Trinajstić information content (AvgIpc) is 2.64. The fourth-order valence-corrected chi connectivity index (χ4v) is 3.49. The van der Waals surface area contributed by atoms with E-state index >= 15 is 0 Å². The summed E-state index contributed by atoms with van der Waals surface area (Å²) in [5.41, 5.74) is 0.520. The number of hydrogen-bond donors (Lipinski definition) is 3. The van der Waals surface area contributed by atoms with Crippen molar-refractivity contribution < 1.29 is 22.7 Å². The van der Waals surface area contributed by atoms with E-state index in [2.05, 4.69) is 30.7 Å². The number of halogens is 2. The van der Waals surface area contributed by atoms with Crippen LogP contribution in [-0.4, -0.2) is 24.7 Å². The Morgan fingerprint density at radius 1 is 1.24 bits per heavy atom. The monoisotopic (exact) mass is 426 g/mol. The second-order valence-corrected chi connectivity index (χ2v) is 9.56. The molecule has 160 valence electrons. The highest BCUT2D eigenvalue weighted by molar-refractivity contribution is 8.26. The number of anilines is 1. The maximum Gasteiger partial charge on any atom is 0.250 e. The van der Waals surface area contributed by atoms with Gasteiger partial charge in [-0.2, -0.15) is 10.6 Å². The van der Waals surface area contributed by atoms with Crippen LogP contribution in [-0.2, 0) is 4.79 Å². The largest absolute Gasteiger partial charge is 0.309 e. The van der Waals surface area contributed by atoms with Gasteiger partial charge in [0.2, 0.25) is 0 Å². The van der Waals surface area contributed by atoms with Gasteiger partial charge in [0.05, 0.1) is 4.90 Å². The molecule has 1 heterocycles. The Labute approximate surface area is 172 Å². The van der Waals surface area contributed by atoms with Crippen LogP contribution in [0.15, 0.2) is 48.0 Å². The molecule has 5 nitrogen and oxygen atoms in total. The van der Waals surface area contributed by atoms with Crippen molar-refractivity contribution in [2.24, 2.45) is 0 Å². The molecule has 1 aromatic carbocycles. The van der Waals surface area contributed by atoms with Crippen LogP contribution in [0.4, 0.5) is 14.6 Å². The summed E-state index contributed by atoms with van der Waals surface area (Å²) >= 11 is 0. The summed E-state index contributed by atoms with van der Waals surface area (Å²) in [6.45, 7) is 11.6. The first kappa shape index (κ1) is 24.7. The number of hydrogen-bond acceptors (Lipinski definition) is 4. The Morgan fingerprint density at radius 3 is 2.28 bits per heavy atom. The van der Waals surface area contributed by atoms with Gasteiger partial charge in [0, 0.05) is 11.8 Å². The molecule has 0 spiro atoms. The second-order valence-electron chi connectivity index (χ2n) is 6.97. The molecule has 0 aliphatic heterocycles. The Morgan fingerprint density at radius 2 is 1.83 bits per heavy atom. The molecular weight excluding hydrogens is 398 g/mol. The molecule has 3 N–H and O–H groups in total. The smallest absolute Gasteiger partial charge is 0.250 e. The zero-order chi connectivity index (χ0) is 22.4. The lowest BCUT2D eigenvalue weighted by atomic mass is 10.2. The first-order valence-electron chi connectivity index (χ1n) is 9.04. The first-order valence-corrected chi connectivity index (χ1v) is 10.6. The van der Waals surface area contributed by atoms with Crippen molar-refractivity contribution >= 4 is 28.1 Å². The molecule has 0 unspecified atom stereocenters. The number of pyridine rings is 1. The fourth-order valence-electron chi connectivity index (χ4n) is 2.07. The zero-order valence-corrected chi connectivity index (χ0v) is 18.1. The third kappa shape index (κ3) is 5.85. The number of benzene rings is 1. The van der Waals surface area contributed by atoms with E-state index in [1.165, 1.54) is 50.7 Å². The van der Waals surface area contributed by atoms with Crippen LogP contribution < -0.4 is 5.32 Å². The van der Waals surface area contributed by atoms with Gasteiger partial charge in [-0.1, -0.05) is 32.9 Å².